The van der Waals surface area contributed by atoms with E-state index in [9.17, 15) is 8.42 Å². The van der Waals surface area contributed by atoms with E-state index in [2.05, 4.69) is 10.1 Å². The van der Waals surface area contributed by atoms with Crippen LogP contribution < -0.4 is 0 Å². The summed E-state index contributed by atoms with van der Waals surface area (Å²) in [5, 5.41) is 3.86. The van der Waals surface area contributed by atoms with Crippen molar-refractivity contribution >= 4 is 10.0 Å². The van der Waals surface area contributed by atoms with Crippen LogP contribution in [0, 0.1) is 19.8 Å². The summed E-state index contributed by atoms with van der Waals surface area (Å²) in [6, 6.07) is 5.33. The lowest BCUT2D eigenvalue weighted by Crippen LogP contribution is -2.43. The summed E-state index contributed by atoms with van der Waals surface area (Å²) >= 11 is 0. The second-order valence-electron chi connectivity index (χ2n) is 7.75. The molecule has 0 amide bonds. The first-order chi connectivity index (χ1) is 12.6. The summed E-state index contributed by atoms with van der Waals surface area (Å²) in [6.07, 6.45) is 0.619. The third-order valence-electron chi connectivity index (χ3n) is 4.92. The second kappa shape index (κ2) is 7.31. The molecule has 148 valence electrons. The van der Waals surface area contributed by atoms with E-state index in [0.717, 1.165) is 5.56 Å². The van der Waals surface area contributed by atoms with Gasteiger partial charge in [0, 0.05) is 32.4 Å². The smallest absolute Gasteiger partial charge is 0.264 e. The second-order valence-corrected chi connectivity index (χ2v) is 9.66. The number of piperidine rings is 1. The highest BCUT2D eigenvalue weighted by atomic mass is 32.2. The standard InChI is InChI=1S/C19H26FN3O3S/c1-13(2)11-17-21-18(26-22-17)19(20)7-9-23(10-8-19)27(24,25)16-12-14(3)5-6-15(16)4/h5-6,12-13H,7-11H2,1-4H3. The van der Waals surface area contributed by atoms with E-state index >= 15 is 4.39 Å². The average molecular weight is 396 g/mol. The summed E-state index contributed by atoms with van der Waals surface area (Å²) in [7, 11) is -3.66. The molecule has 0 unspecified atom stereocenters. The molecule has 1 aromatic heterocycles. The van der Waals surface area contributed by atoms with Gasteiger partial charge in [0.05, 0.1) is 4.90 Å². The number of aryl methyl sites for hydroxylation is 2. The first kappa shape index (κ1) is 19.9. The Labute approximate surface area is 159 Å². The normalized spacial score (nSPS) is 18.1. The SMILES string of the molecule is Cc1ccc(C)c(S(=O)(=O)N2CCC(F)(c3nc(CC(C)C)no3)CC2)c1. The molecule has 2 heterocycles. The maximum absolute atomic E-state index is 15.3. The summed E-state index contributed by atoms with van der Waals surface area (Å²) in [6.45, 7) is 7.83. The topological polar surface area (TPSA) is 76.3 Å². The molecule has 0 saturated carbocycles. The van der Waals surface area contributed by atoms with Gasteiger partial charge in [0.1, 0.15) is 0 Å². The molecule has 1 aliphatic rings. The van der Waals surface area contributed by atoms with Crippen molar-refractivity contribution in [3.8, 4) is 0 Å². The zero-order valence-electron chi connectivity index (χ0n) is 16.2. The fourth-order valence-electron chi connectivity index (χ4n) is 3.30. The quantitative estimate of drug-likeness (QED) is 0.774. The van der Waals surface area contributed by atoms with Crippen LogP contribution in [0.2, 0.25) is 0 Å². The Morgan fingerprint density at radius 2 is 1.93 bits per heavy atom. The number of nitrogens with zero attached hydrogens (tertiary/aromatic N) is 3. The van der Waals surface area contributed by atoms with Gasteiger partial charge in [-0.3, -0.25) is 0 Å². The van der Waals surface area contributed by atoms with Gasteiger partial charge in [-0.15, -0.1) is 0 Å². The first-order valence-electron chi connectivity index (χ1n) is 9.21. The van der Waals surface area contributed by atoms with Crippen molar-refractivity contribution in [1.29, 1.82) is 0 Å². The molecular weight excluding hydrogens is 369 g/mol. The van der Waals surface area contributed by atoms with Crippen molar-refractivity contribution in [2.75, 3.05) is 13.1 Å². The lowest BCUT2D eigenvalue weighted by molar-refractivity contribution is 0.0511. The largest absolute Gasteiger partial charge is 0.336 e. The van der Waals surface area contributed by atoms with Gasteiger partial charge in [0.15, 0.2) is 11.5 Å². The van der Waals surface area contributed by atoms with Gasteiger partial charge >= 0.3 is 0 Å². The van der Waals surface area contributed by atoms with Crippen molar-refractivity contribution in [1.82, 2.24) is 14.4 Å². The zero-order chi connectivity index (χ0) is 19.8. The van der Waals surface area contributed by atoms with Crippen molar-refractivity contribution < 1.29 is 17.3 Å². The summed E-state index contributed by atoms with van der Waals surface area (Å²) in [4.78, 5) is 4.48. The maximum Gasteiger partial charge on any atom is 0.264 e. The number of benzene rings is 1. The van der Waals surface area contributed by atoms with Crippen molar-refractivity contribution in [3.63, 3.8) is 0 Å². The van der Waals surface area contributed by atoms with Crippen LogP contribution in [0.3, 0.4) is 0 Å². The number of hydrogen-bond acceptors (Lipinski definition) is 5. The van der Waals surface area contributed by atoms with E-state index in [4.69, 9.17) is 4.52 Å². The molecule has 0 spiro atoms. The lowest BCUT2D eigenvalue weighted by atomic mass is 9.94. The van der Waals surface area contributed by atoms with E-state index in [1.807, 2.05) is 26.8 Å². The predicted octanol–water partition coefficient (Wildman–Crippen LogP) is 3.53. The van der Waals surface area contributed by atoms with Gasteiger partial charge < -0.3 is 4.52 Å². The molecule has 1 saturated heterocycles. The van der Waals surface area contributed by atoms with Gasteiger partial charge in [-0.25, -0.2) is 12.8 Å². The van der Waals surface area contributed by atoms with Gasteiger partial charge in [-0.05, 0) is 37.0 Å². The van der Waals surface area contributed by atoms with Crippen LogP contribution in [0.4, 0.5) is 4.39 Å². The highest BCUT2D eigenvalue weighted by Gasteiger charge is 2.44. The Morgan fingerprint density at radius 1 is 1.26 bits per heavy atom. The lowest BCUT2D eigenvalue weighted by Gasteiger charge is -2.33. The molecule has 0 N–H and O–H groups in total. The zero-order valence-corrected chi connectivity index (χ0v) is 17.0. The number of alkyl halides is 1. The third kappa shape index (κ3) is 4.06. The molecule has 0 bridgehead atoms. The Bertz CT molecular complexity index is 916. The molecule has 2 aromatic rings. The molecule has 0 radical (unpaired) electrons. The van der Waals surface area contributed by atoms with Crippen LogP contribution in [0.1, 0.15) is 49.5 Å². The molecule has 1 aliphatic heterocycles. The van der Waals surface area contributed by atoms with E-state index in [-0.39, 0.29) is 36.7 Å². The maximum atomic E-state index is 15.3. The van der Waals surface area contributed by atoms with Gasteiger partial charge in [-0.1, -0.05) is 31.1 Å². The highest BCUT2D eigenvalue weighted by molar-refractivity contribution is 7.89. The van der Waals surface area contributed by atoms with E-state index in [1.54, 1.807) is 19.1 Å². The molecule has 1 fully saturated rings. The Kier molecular flexibility index (Phi) is 5.40. The minimum Gasteiger partial charge on any atom is -0.336 e. The molecule has 8 heteroatoms. The van der Waals surface area contributed by atoms with Crippen LogP contribution >= 0.6 is 0 Å². The van der Waals surface area contributed by atoms with Crippen LogP contribution in [-0.4, -0.2) is 36.0 Å². The fourth-order valence-corrected chi connectivity index (χ4v) is 5.05. The number of halogens is 1. The number of hydrogen-bond donors (Lipinski definition) is 0. The average Bonchev–Trinajstić information content (AvgIpc) is 3.06. The summed E-state index contributed by atoms with van der Waals surface area (Å²) in [5.41, 5.74) is -0.219. The molecule has 27 heavy (non-hydrogen) atoms. The monoisotopic (exact) mass is 395 g/mol. The number of rotatable bonds is 5. The van der Waals surface area contributed by atoms with E-state index in [1.165, 1.54) is 4.31 Å². The van der Waals surface area contributed by atoms with Gasteiger partial charge in [0.2, 0.25) is 10.0 Å². The van der Waals surface area contributed by atoms with Crippen LogP contribution in [0.25, 0.3) is 0 Å². The molecule has 0 atom stereocenters. The van der Waals surface area contributed by atoms with Crippen LogP contribution in [0.5, 0.6) is 0 Å². The van der Waals surface area contributed by atoms with Crippen molar-refractivity contribution in [3.05, 3.63) is 41.0 Å². The highest BCUT2D eigenvalue weighted by Crippen LogP contribution is 2.38. The molecular formula is C19H26FN3O3S. The Hall–Kier alpha value is -1.80. The summed E-state index contributed by atoms with van der Waals surface area (Å²) < 4.78 is 47.8. The number of sulfonamides is 1. The fraction of sp³-hybridized carbons (Fsp3) is 0.579. The Morgan fingerprint density at radius 3 is 2.56 bits per heavy atom. The van der Waals surface area contributed by atoms with Crippen LogP contribution in [-0.2, 0) is 22.1 Å². The van der Waals surface area contributed by atoms with Crippen molar-refractivity contribution in [2.45, 2.75) is 57.5 Å². The predicted molar refractivity (Wildman–Crippen MR) is 99.5 cm³/mol. The molecule has 6 nitrogen and oxygen atoms in total. The molecule has 1 aromatic carbocycles. The van der Waals surface area contributed by atoms with Gasteiger partial charge in [0.25, 0.3) is 5.89 Å². The Balaban J connectivity index is 1.76. The van der Waals surface area contributed by atoms with Gasteiger partial charge in [-0.2, -0.15) is 9.29 Å². The molecule has 3 rings (SSSR count). The van der Waals surface area contributed by atoms with E-state index in [0.29, 0.717) is 23.7 Å². The van der Waals surface area contributed by atoms with Crippen LogP contribution in [0.15, 0.2) is 27.6 Å². The minimum atomic E-state index is -3.66. The number of aromatic nitrogens is 2. The third-order valence-corrected chi connectivity index (χ3v) is 6.96. The molecule has 0 aliphatic carbocycles. The summed E-state index contributed by atoms with van der Waals surface area (Å²) in [5.74, 6) is 0.792. The van der Waals surface area contributed by atoms with Crippen molar-refractivity contribution in [2.24, 2.45) is 5.92 Å². The van der Waals surface area contributed by atoms with E-state index < -0.39 is 15.7 Å². The minimum absolute atomic E-state index is 0.000402. The first-order valence-corrected chi connectivity index (χ1v) is 10.7.